The van der Waals surface area contributed by atoms with Crippen molar-refractivity contribution in [2.75, 3.05) is 11.9 Å². The molecule has 0 bridgehead atoms. The molecule has 1 heterocycles. The van der Waals surface area contributed by atoms with Crippen molar-refractivity contribution in [2.45, 2.75) is 26.9 Å². The monoisotopic (exact) mass is 305 g/mol. The Balaban J connectivity index is 1.90. The first kappa shape index (κ1) is 15.4. The molecule has 5 nitrogen and oxygen atoms in total. The molecule has 0 saturated carbocycles. The molecule has 0 radical (unpaired) electrons. The lowest BCUT2D eigenvalue weighted by Gasteiger charge is -2.13. The maximum atomic E-state index is 11.7. The van der Waals surface area contributed by atoms with Gasteiger partial charge in [-0.1, -0.05) is 37.3 Å². The molecule has 1 aromatic heterocycles. The minimum Gasteiger partial charge on any atom is -0.463 e. The lowest BCUT2D eigenvalue weighted by Crippen LogP contribution is -2.24. The molecular weight excluding hydrogens is 286 g/mol. The van der Waals surface area contributed by atoms with Crippen molar-refractivity contribution in [1.82, 2.24) is 9.36 Å². The first-order valence-electron chi connectivity index (χ1n) is 6.89. The number of hydrogen-bond acceptors (Lipinski definition) is 6. The number of carbonyl (C=O) groups is 1. The van der Waals surface area contributed by atoms with Gasteiger partial charge < -0.3 is 10.1 Å². The van der Waals surface area contributed by atoms with Gasteiger partial charge in [-0.3, -0.25) is 4.79 Å². The molecule has 1 unspecified atom stereocenters. The Morgan fingerprint density at radius 2 is 2.00 bits per heavy atom. The number of ether oxygens (including phenoxy) is 1. The van der Waals surface area contributed by atoms with Gasteiger partial charge >= 0.3 is 5.97 Å². The van der Waals surface area contributed by atoms with E-state index in [1.54, 1.807) is 0 Å². The van der Waals surface area contributed by atoms with Crippen LogP contribution in [-0.4, -0.2) is 28.0 Å². The number of rotatable bonds is 6. The van der Waals surface area contributed by atoms with Crippen molar-refractivity contribution >= 4 is 22.6 Å². The van der Waals surface area contributed by atoms with Crippen LogP contribution in [0.3, 0.4) is 0 Å². The predicted octanol–water partition coefficient (Wildman–Crippen LogP) is 3.20. The molecule has 0 spiro atoms. The first-order chi connectivity index (χ1) is 10.1. The molecular formula is C15H19N3O2S. The highest BCUT2D eigenvalue weighted by molar-refractivity contribution is 7.09. The molecule has 0 amide bonds. The van der Waals surface area contributed by atoms with Crippen LogP contribution in [-0.2, 0) is 9.53 Å². The second-order valence-corrected chi connectivity index (χ2v) is 5.81. The van der Waals surface area contributed by atoms with Crippen LogP contribution in [0.5, 0.6) is 0 Å². The lowest BCUT2D eigenvalue weighted by atomic mass is 10.2. The van der Waals surface area contributed by atoms with E-state index >= 15 is 0 Å². The predicted molar refractivity (Wildman–Crippen MR) is 84.2 cm³/mol. The van der Waals surface area contributed by atoms with E-state index < -0.39 is 0 Å². The summed E-state index contributed by atoms with van der Waals surface area (Å²) in [5, 5.41) is 3.84. The highest BCUT2D eigenvalue weighted by Crippen LogP contribution is 2.20. The minimum atomic E-state index is -0.225. The number of carbonyl (C=O) groups excluding carboxylic acids is 1. The zero-order valence-corrected chi connectivity index (χ0v) is 13.2. The van der Waals surface area contributed by atoms with Gasteiger partial charge in [-0.15, -0.1) is 0 Å². The number of aromatic nitrogens is 2. The number of benzene rings is 1. The van der Waals surface area contributed by atoms with E-state index in [1.807, 2.05) is 51.1 Å². The van der Waals surface area contributed by atoms with Gasteiger partial charge in [-0.2, -0.15) is 9.36 Å². The summed E-state index contributed by atoms with van der Waals surface area (Å²) in [7, 11) is 0. The molecule has 0 fully saturated rings. The topological polar surface area (TPSA) is 64.1 Å². The average Bonchev–Trinajstić information content (AvgIpc) is 2.94. The highest BCUT2D eigenvalue weighted by Gasteiger charge is 2.16. The minimum absolute atomic E-state index is 0.0915. The van der Waals surface area contributed by atoms with E-state index in [1.165, 1.54) is 11.5 Å². The van der Waals surface area contributed by atoms with Gasteiger partial charge in [0.15, 0.2) is 5.82 Å². The van der Waals surface area contributed by atoms with E-state index in [-0.39, 0.29) is 18.0 Å². The normalized spacial score (nSPS) is 12.2. The van der Waals surface area contributed by atoms with Crippen LogP contribution in [0.2, 0.25) is 0 Å². The number of esters is 1. The molecule has 1 atom stereocenters. The summed E-state index contributed by atoms with van der Waals surface area (Å²) in [4.78, 5) is 16.1. The van der Waals surface area contributed by atoms with Gasteiger partial charge in [0.05, 0.1) is 12.0 Å². The van der Waals surface area contributed by atoms with E-state index in [9.17, 15) is 4.79 Å². The smallest absolute Gasteiger partial charge is 0.310 e. The average molecular weight is 305 g/mol. The fourth-order valence-corrected chi connectivity index (χ4v) is 2.27. The summed E-state index contributed by atoms with van der Waals surface area (Å²) in [5.74, 6) is 0.266. The number of anilines is 1. The number of nitrogens with one attached hydrogen (secondary N) is 1. The molecule has 2 aromatic rings. The van der Waals surface area contributed by atoms with Gasteiger partial charge in [0.25, 0.3) is 0 Å². The molecule has 0 aliphatic heterocycles. The Morgan fingerprint density at radius 3 is 2.67 bits per heavy atom. The Morgan fingerprint density at radius 1 is 1.29 bits per heavy atom. The Kier molecular flexibility index (Phi) is 5.27. The summed E-state index contributed by atoms with van der Waals surface area (Å²) >= 11 is 1.29. The van der Waals surface area contributed by atoms with Gasteiger partial charge in [-0.25, -0.2) is 0 Å². The van der Waals surface area contributed by atoms with E-state index in [0.717, 1.165) is 5.56 Å². The van der Waals surface area contributed by atoms with Gasteiger partial charge in [0.2, 0.25) is 5.13 Å². The largest absolute Gasteiger partial charge is 0.463 e. The van der Waals surface area contributed by atoms with Crippen LogP contribution in [0.25, 0.3) is 11.4 Å². The molecule has 6 heteroatoms. The van der Waals surface area contributed by atoms with Crippen LogP contribution >= 0.6 is 11.5 Å². The lowest BCUT2D eigenvalue weighted by molar-refractivity contribution is -0.151. The third-order valence-corrected chi connectivity index (χ3v) is 3.44. The van der Waals surface area contributed by atoms with Gasteiger partial charge in [0, 0.05) is 23.6 Å². The summed E-state index contributed by atoms with van der Waals surface area (Å²) in [5.41, 5.74) is 0.981. The molecule has 1 aromatic carbocycles. The fourth-order valence-electron chi connectivity index (χ4n) is 1.67. The summed E-state index contributed by atoms with van der Waals surface area (Å²) in [6.45, 7) is 6.00. The summed E-state index contributed by atoms with van der Waals surface area (Å²) in [6, 6.07) is 9.79. The van der Waals surface area contributed by atoms with Crippen LogP contribution in [0.4, 0.5) is 5.13 Å². The van der Waals surface area contributed by atoms with Crippen molar-refractivity contribution in [2.24, 2.45) is 5.92 Å². The molecule has 112 valence electrons. The number of nitrogens with zero attached hydrogens (tertiary/aromatic N) is 2. The standard InChI is InChI=1S/C15H19N3O2S/c1-10(2)20-14(19)11(3)9-16-15-17-13(18-21-15)12-7-5-4-6-8-12/h4-8,10-11H,9H2,1-3H3,(H,16,17,18). The van der Waals surface area contributed by atoms with Crippen molar-refractivity contribution in [3.8, 4) is 11.4 Å². The molecule has 21 heavy (non-hydrogen) atoms. The highest BCUT2D eigenvalue weighted by atomic mass is 32.1. The number of hydrogen-bond donors (Lipinski definition) is 1. The summed E-state index contributed by atoms with van der Waals surface area (Å²) < 4.78 is 9.47. The molecule has 2 rings (SSSR count). The van der Waals surface area contributed by atoms with Crippen LogP contribution in [0.1, 0.15) is 20.8 Å². The summed E-state index contributed by atoms with van der Waals surface area (Å²) in [6.07, 6.45) is -0.0915. The maximum absolute atomic E-state index is 11.7. The van der Waals surface area contributed by atoms with E-state index in [4.69, 9.17) is 4.74 Å². The second kappa shape index (κ2) is 7.17. The Hall–Kier alpha value is -1.95. The van der Waals surface area contributed by atoms with E-state index in [0.29, 0.717) is 17.5 Å². The van der Waals surface area contributed by atoms with Crippen LogP contribution in [0, 0.1) is 5.92 Å². The van der Waals surface area contributed by atoms with Crippen LogP contribution < -0.4 is 5.32 Å². The Labute approximate surface area is 128 Å². The molecule has 1 N–H and O–H groups in total. The molecule has 0 saturated heterocycles. The van der Waals surface area contributed by atoms with Crippen molar-refractivity contribution in [3.05, 3.63) is 30.3 Å². The maximum Gasteiger partial charge on any atom is 0.310 e. The first-order valence-corrected chi connectivity index (χ1v) is 7.67. The quantitative estimate of drug-likeness (QED) is 0.830. The third kappa shape index (κ3) is 4.53. The van der Waals surface area contributed by atoms with Crippen molar-refractivity contribution in [3.63, 3.8) is 0 Å². The van der Waals surface area contributed by atoms with Crippen molar-refractivity contribution in [1.29, 1.82) is 0 Å². The zero-order valence-electron chi connectivity index (χ0n) is 12.4. The van der Waals surface area contributed by atoms with Crippen molar-refractivity contribution < 1.29 is 9.53 Å². The molecule has 0 aliphatic rings. The van der Waals surface area contributed by atoms with Gasteiger partial charge in [-0.05, 0) is 13.8 Å². The Bertz CT molecular complexity index is 584. The second-order valence-electron chi connectivity index (χ2n) is 5.06. The zero-order chi connectivity index (χ0) is 15.2. The SMILES string of the molecule is CC(C)OC(=O)C(C)CNc1nc(-c2ccccc2)ns1. The fraction of sp³-hybridized carbons (Fsp3) is 0.400. The van der Waals surface area contributed by atoms with E-state index in [2.05, 4.69) is 14.7 Å². The third-order valence-electron chi connectivity index (χ3n) is 2.77. The molecule has 0 aliphatic carbocycles. The van der Waals surface area contributed by atoms with Crippen LogP contribution in [0.15, 0.2) is 30.3 Å². The van der Waals surface area contributed by atoms with Gasteiger partial charge in [0.1, 0.15) is 0 Å².